The number of rotatable bonds is 8. The highest BCUT2D eigenvalue weighted by atomic mass is 16.5. The molecule has 6 unspecified atom stereocenters. The number of hydrogen-bond donors (Lipinski definition) is 2. The molecule has 7 aliphatic rings. The van der Waals surface area contributed by atoms with E-state index in [2.05, 4.69) is 68.6 Å². The average Bonchev–Trinajstić information content (AvgIpc) is 3.52. The lowest BCUT2D eigenvalue weighted by atomic mass is 9.32. The zero-order chi connectivity index (χ0) is 37.3. The molecule has 0 aromatic rings. The summed E-state index contributed by atoms with van der Waals surface area (Å²) in [6, 6.07) is -0.375. The van der Waals surface area contributed by atoms with Gasteiger partial charge in [0.1, 0.15) is 18.2 Å². The van der Waals surface area contributed by atoms with Crippen LogP contribution in [-0.4, -0.2) is 98.9 Å². The van der Waals surface area contributed by atoms with E-state index in [-0.39, 0.29) is 57.2 Å². The van der Waals surface area contributed by atoms with Gasteiger partial charge in [0, 0.05) is 63.2 Å². The fourth-order valence-corrected chi connectivity index (χ4v) is 14.7. The van der Waals surface area contributed by atoms with Crippen LogP contribution in [0.4, 0.5) is 0 Å². The quantitative estimate of drug-likeness (QED) is 0.212. The third-order valence-corrected chi connectivity index (χ3v) is 18.0. The maximum absolute atomic E-state index is 13.6. The van der Waals surface area contributed by atoms with Gasteiger partial charge in [-0.1, -0.05) is 46.8 Å². The second kappa shape index (κ2) is 14.2. The number of nitrogens with one attached hydrogen (secondary N) is 2. The fraction of sp³-hybridized carbons (Fsp3) is 0.909. The molecule has 8 heteroatoms. The molecular formula is C44H74N4O4. The van der Waals surface area contributed by atoms with E-state index in [1.165, 1.54) is 44.1 Å². The van der Waals surface area contributed by atoms with Crippen LogP contribution in [0.15, 0.2) is 12.2 Å². The predicted molar refractivity (Wildman–Crippen MR) is 208 cm³/mol. The monoisotopic (exact) mass is 723 g/mol. The maximum Gasteiger partial charge on any atom is 0.323 e. The first kappa shape index (κ1) is 38.8. The highest BCUT2D eigenvalue weighted by molar-refractivity contribution is 5.76. The van der Waals surface area contributed by atoms with Gasteiger partial charge in [-0.2, -0.15) is 0 Å². The van der Waals surface area contributed by atoms with Gasteiger partial charge in [-0.05, 0) is 131 Å². The minimum absolute atomic E-state index is 0.0261. The first-order valence-electron chi connectivity index (χ1n) is 21.5. The molecule has 2 saturated heterocycles. The van der Waals surface area contributed by atoms with Crippen molar-refractivity contribution < 1.29 is 19.1 Å². The number of piperazine rings is 2. The van der Waals surface area contributed by atoms with Crippen LogP contribution in [0.5, 0.6) is 0 Å². The van der Waals surface area contributed by atoms with Crippen LogP contribution in [-0.2, 0) is 19.1 Å². The van der Waals surface area contributed by atoms with Crippen molar-refractivity contribution in [3.8, 4) is 0 Å². The second-order valence-electron chi connectivity index (χ2n) is 20.4. The number of carbonyl (C=O) groups excluding carboxylic acids is 2. The molecule has 294 valence electrons. The van der Waals surface area contributed by atoms with Gasteiger partial charge >= 0.3 is 11.9 Å². The standard InChI is InChI=1S/C44H74N4O4/c1-29(2)32-12-17-44(28-51-38(49)30(3)47-24-20-45-21-25-47)19-18-42(8)33(37(32)44)10-11-35-41(7)15-14-36(40(5,6)34(41)13-16-43(35,42)9)52-39(50)31(4)48-26-22-46-23-27-48/h30-37,45-46H,1,10-28H2,2-9H3/t30?,31?,32-,33?,34?,35?,36-,37?,41-,42+,43+,44+/m0/s1. The van der Waals surface area contributed by atoms with Gasteiger partial charge in [-0.3, -0.25) is 19.4 Å². The van der Waals surface area contributed by atoms with Gasteiger partial charge in [0.25, 0.3) is 0 Å². The molecule has 2 aliphatic heterocycles. The van der Waals surface area contributed by atoms with Crippen molar-refractivity contribution in [3.63, 3.8) is 0 Å². The van der Waals surface area contributed by atoms with Gasteiger partial charge in [-0.25, -0.2) is 0 Å². The number of fused-ring (bicyclic) bond motifs is 7. The van der Waals surface area contributed by atoms with Gasteiger partial charge in [0.05, 0.1) is 6.61 Å². The smallest absolute Gasteiger partial charge is 0.323 e. The molecule has 52 heavy (non-hydrogen) atoms. The SMILES string of the molecule is C=C(C)[C@@H]1CC[C@]2(COC(=O)C(C)N3CCNCC3)CC[C@]3(C)C(CCC4[C@@]5(C)CC[C@H](OC(=O)C(C)N6CCNCC6)C(C)(C)C5CC[C@]43C)C12. The summed E-state index contributed by atoms with van der Waals surface area (Å²) in [7, 11) is 0. The van der Waals surface area contributed by atoms with Gasteiger partial charge in [0.15, 0.2) is 0 Å². The maximum atomic E-state index is 13.6. The number of ether oxygens (including phenoxy) is 2. The molecule has 2 heterocycles. The summed E-state index contributed by atoms with van der Waals surface area (Å²) in [5.41, 5.74) is 2.04. The summed E-state index contributed by atoms with van der Waals surface area (Å²) in [4.78, 5) is 31.7. The Morgan fingerprint density at radius 1 is 0.731 bits per heavy atom. The number of allylic oxidation sites excluding steroid dienone is 1. The number of carbonyl (C=O) groups is 2. The molecule has 2 N–H and O–H groups in total. The lowest BCUT2D eigenvalue weighted by Gasteiger charge is -2.73. The fourth-order valence-electron chi connectivity index (χ4n) is 14.7. The van der Waals surface area contributed by atoms with Crippen LogP contribution in [0.3, 0.4) is 0 Å². The van der Waals surface area contributed by atoms with Gasteiger partial charge in [0.2, 0.25) is 0 Å². The van der Waals surface area contributed by atoms with Gasteiger partial charge < -0.3 is 20.1 Å². The third-order valence-electron chi connectivity index (χ3n) is 18.0. The van der Waals surface area contributed by atoms with Crippen molar-refractivity contribution in [2.45, 2.75) is 138 Å². The Morgan fingerprint density at radius 2 is 1.35 bits per heavy atom. The molecule has 0 amide bonds. The van der Waals surface area contributed by atoms with Crippen molar-refractivity contribution in [1.29, 1.82) is 0 Å². The van der Waals surface area contributed by atoms with Crippen molar-refractivity contribution in [2.24, 2.45) is 56.7 Å². The Morgan fingerprint density at radius 3 is 1.96 bits per heavy atom. The molecular weight excluding hydrogens is 649 g/mol. The van der Waals surface area contributed by atoms with E-state index >= 15 is 0 Å². The molecule has 5 aliphatic carbocycles. The van der Waals surface area contributed by atoms with E-state index in [4.69, 9.17) is 9.47 Å². The molecule has 5 saturated carbocycles. The Labute approximate surface area is 316 Å². The zero-order valence-corrected chi connectivity index (χ0v) is 34.3. The van der Waals surface area contributed by atoms with Crippen LogP contribution >= 0.6 is 0 Å². The van der Waals surface area contributed by atoms with Crippen molar-refractivity contribution in [1.82, 2.24) is 20.4 Å². The minimum Gasteiger partial charge on any atom is -0.464 e. The van der Waals surface area contributed by atoms with E-state index in [0.29, 0.717) is 36.2 Å². The average molecular weight is 723 g/mol. The van der Waals surface area contributed by atoms with E-state index in [1.807, 2.05) is 13.8 Å². The predicted octanol–water partition coefficient (Wildman–Crippen LogP) is 6.69. The number of hydrogen-bond acceptors (Lipinski definition) is 8. The Hall–Kier alpha value is -1.48. The molecule has 7 rings (SSSR count). The molecule has 7 fully saturated rings. The highest BCUT2D eigenvalue weighted by Gasteiger charge is 2.71. The Balaban J connectivity index is 1.09. The second-order valence-corrected chi connectivity index (χ2v) is 20.4. The van der Waals surface area contributed by atoms with E-state index in [0.717, 1.165) is 78.0 Å². The number of esters is 2. The third kappa shape index (κ3) is 6.15. The summed E-state index contributed by atoms with van der Waals surface area (Å²) in [5, 5.41) is 6.82. The van der Waals surface area contributed by atoms with Crippen molar-refractivity contribution >= 4 is 11.9 Å². The summed E-state index contributed by atoms with van der Waals surface area (Å²) in [6.45, 7) is 31.8. The van der Waals surface area contributed by atoms with E-state index < -0.39 is 0 Å². The van der Waals surface area contributed by atoms with Crippen molar-refractivity contribution in [2.75, 3.05) is 59.0 Å². The zero-order valence-electron chi connectivity index (χ0n) is 34.3. The Kier molecular flexibility index (Phi) is 10.6. The van der Waals surface area contributed by atoms with Crippen molar-refractivity contribution in [3.05, 3.63) is 12.2 Å². The summed E-state index contributed by atoms with van der Waals surface area (Å²) in [6.07, 6.45) is 11.8. The van der Waals surface area contributed by atoms with Crippen LogP contribution in [0, 0.1) is 56.7 Å². The van der Waals surface area contributed by atoms with Crippen LogP contribution in [0.1, 0.15) is 120 Å². The molecule has 0 aromatic carbocycles. The summed E-state index contributed by atoms with van der Waals surface area (Å²) in [5.74, 6) is 2.78. The molecule has 0 spiro atoms. The first-order chi connectivity index (χ1) is 24.6. The topological polar surface area (TPSA) is 83.1 Å². The lowest BCUT2D eigenvalue weighted by molar-refractivity contribution is -0.252. The number of nitrogens with zero attached hydrogens (tertiary/aromatic N) is 2. The molecule has 0 bridgehead atoms. The first-order valence-corrected chi connectivity index (χ1v) is 21.5. The highest BCUT2D eigenvalue weighted by Crippen LogP contribution is 2.77. The van der Waals surface area contributed by atoms with Gasteiger partial charge in [-0.15, -0.1) is 0 Å². The summed E-state index contributed by atoms with van der Waals surface area (Å²) >= 11 is 0. The van der Waals surface area contributed by atoms with Crippen LogP contribution in [0.25, 0.3) is 0 Å². The van der Waals surface area contributed by atoms with E-state index in [1.54, 1.807) is 0 Å². The normalized spacial score (nSPS) is 44.6. The molecule has 0 radical (unpaired) electrons. The summed E-state index contributed by atoms with van der Waals surface area (Å²) < 4.78 is 12.9. The van der Waals surface area contributed by atoms with Crippen LogP contribution < -0.4 is 10.6 Å². The van der Waals surface area contributed by atoms with E-state index in [9.17, 15) is 9.59 Å². The molecule has 8 nitrogen and oxygen atoms in total. The Bertz CT molecular complexity index is 1360. The largest absolute Gasteiger partial charge is 0.464 e. The van der Waals surface area contributed by atoms with Crippen LogP contribution in [0.2, 0.25) is 0 Å². The molecule has 12 atom stereocenters. The molecule has 0 aromatic heterocycles. The lowest BCUT2D eigenvalue weighted by Crippen LogP contribution is -2.67. The minimum atomic E-state index is -0.188.